The lowest BCUT2D eigenvalue weighted by molar-refractivity contribution is -0.135. The summed E-state index contributed by atoms with van der Waals surface area (Å²) in [6, 6.07) is 10.5. The largest absolute Gasteiger partial charge is 0.381 e. The first-order chi connectivity index (χ1) is 17.7. The number of ether oxygens (including phenoxy) is 1. The highest BCUT2D eigenvalue weighted by molar-refractivity contribution is 5.88. The number of hydrogen-bond acceptors (Lipinski definition) is 8. The Hall–Kier alpha value is -3.30. The molecule has 2 fully saturated rings. The summed E-state index contributed by atoms with van der Waals surface area (Å²) in [4.78, 5) is 30.9. The number of nitrogens with zero attached hydrogens (tertiary/aromatic N) is 5. The maximum Gasteiger partial charge on any atom is 0.228 e. The maximum absolute atomic E-state index is 12.7. The van der Waals surface area contributed by atoms with Crippen LogP contribution in [-0.4, -0.2) is 84.8 Å². The van der Waals surface area contributed by atoms with E-state index in [0.717, 1.165) is 92.5 Å². The standard InChI is InChI=1S/C27H35N7O2/c1-2-28-9-3-10-31-26-25-24(29-11-12-30-25)18-23(32-26)20-4-6-22(7-5-20)33-13-15-34(16-14-33)27(35)21-8-17-36-19-21/h4-7,11-12,18,21,28H,2-3,8-10,13-17,19H2,1H3,(H,31,32)/t21-/m1/s1. The minimum Gasteiger partial charge on any atom is -0.381 e. The summed E-state index contributed by atoms with van der Waals surface area (Å²) in [6.45, 7) is 9.32. The fourth-order valence-electron chi connectivity index (χ4n) is 4.86. The molecule has 3 aromatic rings. The Bertz CT molecular complexity index is 1160. The molecule has 9 heteroatoms. The molecule has 9 nitrogen and oxygen atoms in total. The number of anilines is 2. The number of benzene rings is 1. The summed E-state index contributed by atoms with van der Waals surface area (Å²) in [5.41, 5.74) is 4.69. The third-order valence-electron chi connectivity index (χ3n) is 6.93. The number of piperazine rings is 1. The van der Waals surface area contributed by atoms with Crippen LogP contribution in [0.2, 0.25) is 0 Å². The van der Waals surface area contributed by atoms with Crippen molar-refractivity contribution in [1.82, 2.24) is 25.2 Å². The van der Waals surface area contributed by atoms with Crippen LogP contribution in [0.4, 0.5) is 11.5 Å². The molecule has 0 aliphatic carbocycles. The minimum atomic E-state index is 0.0439. The zero-order chi connectivity index (χ0) is 24.7. The van der Waals surface area contributed by atoms with Crippen LogP contribution in [0.25, 0.3) is 22.3 Å². The van der Waals surface area contributed by atoms with Crippen molar-refractivity contribution >= 4 is 28.4 Å². The number of carbonyl (C=O) groups is 1. The fourth-order valence-corrected chi connectivity index (χ4v) is 4.86. The number of hydrogen-bond donors (Lipinski definition) is 2. The second-order valence-corrected chi connectivity index (χ2v) is 9.33. The van der Waals surface area contributed by atoms with Crippen LogP contribution in [0.1, 0.15) is 19.8 Å². The third kappa shape index (κ3) is 5.57. The zero-order valence-corrected chi connectivity index (χ0v) is 20.9. The van der Waals surface area contributed by atoms with Crippen molar-refractivity contribution in [3.63, 3.8) is 0 Å². The number of fused-ring (bicyclic) bond motifs is 1. The van der Waals surface area contributed by atoms with Gasteiger partial charge in [0.25, 0.3) is 0 Å². The molecular formula is C27H35N7O2. The Labute approximate surface area is 212 Å². The molecule has 0 unspecified atom stereocenters. The summed E-state index contributed by atoms with van der Waals surface area (Å²) in [5, 5.41) is 6.80. The number of nitrogens with one attached hydrogen (secondary N) is 2. The van der Waals surface area contributed by atoms with E-state index in [1.54, 1.807) is 12.4 Å². The van der Waals surface area contributed by atoms with Gasteiger partial charge in [-0.25, -0.2) is 9.97 Å². The average molecular weight is 490 g/mol. The molecule has 36 heavy (non-hydrogen) atoms. The highest BCUT2D eigenvalue weighted by Gasteiger charge is 2.30. The molecule has 2 aliphatic heterocycles. The summed E-state index contributed by atoms with van der Waals surface area (Å²) < 4.78 is 5.39. The van der Waals surface area contributed by atoms with Crippen LogP contribution >= 0.6 is 0 Å². The predicted octanol–water partition coefficient (Wildman–Crippen LogP) is 2.79. The van der Waals surface area contributed by atoms with E-state index in [0.29, 0.717) is 13.2 Å². The summed E-state index contributed by atoms with van der Waals surface area (Å²) >= 11 is 0. The van der Waals surface area contributed by atoms with Crippen molar-refractivity contribution in [3.05, 3.63) is 42.7 Å². The number of carbonyl (C=O) groups excluding carboxylic acids is 1. The molecule has 2 aliphatic rings. The first kappa shape index (κ1) is 24.4. The molecule has 0 radical (unpaired) electrons. The highest BCUT2D eigenvalue weighted by atomic mass is 16.5. The van der Waals surface area contributed by atoms with Crippen LogP contribution < -0.4 is 15.5 Å². The van der Waals surface area contributed by atoms with Gasteiger partial charge in [-0.15, -0.1) is 0 Å². The first-order valence-corrected chi connectivity index (χ1v) is 13.0. The van der Waals surface area contributed by atoms with Gasteiger partial charge in [-0.3, -0.25) is 9.78 Å². The van der Waals surface area contributed by atoms with Crippen LogP contribution in [-0.2, 0) is 9.53 Å². The van der Waals surface area contributed by atoms with Gasteiger partial charge < -0.3 is 25.2 Å². The molecule has 2 N–H and O–H groups in total. The lowest BCUT2D eigenvalue weighted by atomic mass is 10.1. The van der Waals surface area contributed by atoms with Crippen molar-refractivity contribution in [2.45, 2.75) is 19.8 Å². The van der Waals surface area contributed by atoms with Crippen molar-refractivity contribution in [2.24, 2.45) is 5.92 Å². The summed E-state index contributed by atoms with van der Waals surface area (Å²) in [5.74, 6) is 1.06. The molecule has 0 spiro atoms. The zero-order valence-electron chi connectivity index (χ0n) is 20.9. The topological polar surface area (TPSA) is 95.5 Å². The number of rotatable bonds is 9. The van der Waals surface area contributed by atoms with Crippen molar-refractivity contribution < 1.29 is 9.53 Å². The monoisotopic (exact) mass is 489 g/mol. The molecule has 0 bridgehead atoms. The Kier molecular flexibility index (Phi) is 7.88. The molecule has 5 rings (SSSR count). The molecule has 190 valence electrons. The van der Waals surface area contributed by atoms with Gasteiger partial charge in [-0.1, -0.05) is 19.1 Å². The van der Waals surface area contributed by atoms with Crippen molar-refractivity contribution in [1.29, 1.82) is 0 Å². The Morgan fingerprint density at radius 1 is 1.08 bits per heavy atom. The Morgan fingerprint density at radius 2 is 1.89 bits per heavy atom. The molecule has 4 heterocycles. The molecule has 1 amide bonds. The number of aromatic nitrogens is 3. The van der Waals surface area contributed by atoms with E-state index in [-0.39, 0.29) is 11.8 Å². The predicted molar refractivity (Wildman–Crippen MR) is 142 cm³/mol. The minimum absolute atomic E-state index is 0.0439. The average Bonchev–Trinajstić information content (AvgIpc) is 3.48. The number of amides is 1. The molecule has 1 aromatic carbocycles. The highest BCUT2D eigenvalue weighted by Crippen LogP contribution is 2.28. The van der Waals surface area contributed by atoms with Gasteiger partial charge in [0, 0.05) is 63.0 Å². The van der Waals surface area contributed by atoms with Crippen LogP contribution in [0.15, 0.2) is 42.7 Å². The van der Waals surface area contributed by atoms with Crippen LogP contribution in [0.3, 0.4) is 0 Å². The summed E-state index contributed by atoms with van der Waals surface area (Å²) in [7, 11) is 0. The van der Waals surface area contributed by atoms with E-state index in [2.05, 4.69) is 56.7 Å². The second kappa shape index (κ2) is 11.6. The molecule has 2 saturated heterocycles. The van der Waals surface area contributed by atoms with Gasteiger partial charge in [0.1, 0.15) is 5.52 Å². The van der Waals surface area contributed by atoms with Crippen molar-refractivity contribution in [3.8, 4) is 11.3 Å². The smallest absolute Gasteiger partial charge is 0.228 e. The molecule has 2 aromatic heterocycles. The summed E-state index contributed by atoms with van der Waals surface area (Å²) in [6.07, 6.45) is 5.27. The van der Waals surface area contributed by atoms with E-state index in [9.17, 15) is 4.79 Å². The van der Waals surface area contributed by atoms with Crippen LogP contribution in [0.5, 0.6) is 0 Å². The Balaban J connectivity index is 1.25. The van der Waals surface area contributed by atoms with Gasteiger partial charge in [0.2, 0.25) is 5.91 Å². The lowest BCUT2D eigenvalue weighted by Gasteiger charge is -2.37. The second-order valence-electron chi connectivity index (χ2n) is 9.33. The SMILES string of the molecule is CCNCCCNc1nc(-c2ccc(N3CCN(C(=O)[C@@H]4CCOC4)CC3)cc2)cc2nccnc12. The van der Waals surface area contributed by atoms with Gasteiger partial charge in [0.05, 0.1) is 23.7 Å². The number of pyridine rings is 1. The molecular weight excluding hydrogens is 454 g/mol. The fraction of sp³-hybridized carbons (Fsp3) is 0.481. The van der Waals surface area contributed by atoms with E-state index < -0.39 is 0 Å². The Morgan fingerprint density at radius 3 is 2.64 bits per heavy atom. The normalized spacial score (nSPS) is 18.1. The van der Waals surface area contributed by atoms with Gasteiger partial charge in [-0.05, 0) is 44.1 Å². The molecule has 0 saturated carbocycles. The van der Waals surface area contributed by atoms with Crippen molar-refractivity contribution in [2.75, 3.05) is 69.2 Å². The van der Waals surface area contributed by atoms with Gasteiger partial charge in [0.15, 0.2) is 5.82 Å². The maximum atomic E-state index is 12.7. The van der Waals surface area contributed by atoms with E-state index in [1.807, 2.05) is 11.0 Å². The van der Waals surface area contributed by atoms with E-state index >= 15 is 0 Å². The third-order valence-corrected chi connectivity index (χ3v) is 6.93. The lowest BCUT2D eigenvalue weighted by Crippen LogP contribution is -2.50. The van der Waals surface area contributed by atoms with Crippen LogP contribution in [0, 0.1) is 5.92 Å². The quantitative estimate of drug-likeness (QED) is 0.443. The van der Waals surface area contributed by atoms with E-state index in [4.69, 9.17) is 9.72 Å². The van der Waals surface area contributed by atoms with Gasteiger partial charge >= 0.3 is 0 Å². The first-order valence-electron chi connectivity index (χ1n) is 13.0. The van der Waals surface area contributed by atoms with Gasteiger partial charge in [-0.2, -0.15) is 0 Å². The van der Waals surface area contributed by atoms with E-state index in [1.165, 1.54) is 0 Å². The molecule has 1 atom stereocenters.